The quantitative estimate of drug-likeness (QED) is 0.536. The fraction of sp³-hybridized carbons (Fsp3) is 0.455. The highest BCUT2D eigenvalue weighted by atomic mass is 32.1. The molecule has 0 bridgehead atoms. The number of carbonyl (C=O) groups is 3. The van der Waals surface area contributed by atoms with Crippen LogP contribution in [0.4, 0.5) is 10.5 Å². The SMILES string of the molecule is CCOC(=O)c1ccc(NC(=O)N(CCC(C)C)Cc2nc(C(=O)OCC)cs2)cc1. The highest BCUT2D eigenvalue weighted by Crippen LogP contribution is 2.17. The minimum atomic E-state index is -0.468. The van der Waals surface area contributed by atoms with E-state index in [1.54, 1.807) is 48.4 Å². The lowest BCUT2D eigenvalue weighted by molar-refractivity contribution is 0.0513. The molecule has 0 radical (unpaired) electrons. The minimum absolute atomic E-state index is 0.251. The third kappa shape index (κ3) is 7.67. The van der Waals surface area contributed by atoms with Crippen LogP contribution in [0.3, 0.4) is 0 Å². The van der Waals surface area contributed by atoms with Crippen LogP contribution in [0.1, 0.15) is 60.0 Å². The van der Waals surface area contributed by atoms with Crippen molar-refractivity contribution in [2.75, 3.05) is 25.1 Å². The summed E-state index contributed by atoms with van der Waals surface area (Å²) in [4.78, 5) is 42.5. The minimum Gasteiger partial charge on any atom is -0.462 e. The van der Waals surface area contributed by atoms with E-state index in [1.807, 2.05) is 0 Å². The van der Waals surface area contributed by atoms with Crippen LogP contribution in [0, 0.1) is 5.92 Å². The molecular weight excluding hydrogens is 418 g/mol. The molecule has 8 nitrogen and oxygen atoms in total. The molecule has 0 atom stereocenters. The van der Waals surface area contributed by atoms with Gasteiger partial charge in [0.15, 0.2) is 5.69 Å². The third-order valence-corrected chi connectivity index (χ3v) is 5.11. The van der Waals surface area contributed by atoms with Gasteiger partial charge in [0.1, 0.15) is 5.01 Å². The maximum atomic E-state index is 12.9. The lowest BCUT2D eigenvalue weighted by Gasteiger charge is -2.23. The van der Waals surface area contributed by atoms with Crippen molar-refractivity contribution in [1.29, 1.82) is 0 Å². The van der Waals surface area contributed by atoms with Gasteiger partial charge < -0.3 is 19.7 Å². The number of benzene rings is 1. The summed E-state index contributed by atoms with van der Waals surface area (Å²) in [6.45, 7) is 9.07. The smallest absolute Gasteiger partial charge is 0.357 e. The Hall–Kier alpha value is -2.94. The van der Waals surface area contributed by atoms with Crippen LogP contribution in [-0.4, -0.2) is 47.6 Å². The lowest BCUT2D eigenvalue weighted by atomic mass is 10.1. The molecule has 0 unspecified atom stereocenters. The first kappa shape index (κ1) is 24.3. The Morgan fingerprint density at radius 1 is 1.06 bits per heavy atom. The van der Waals surface area contributed by atoms with Crippen molar-refractivity contribution in [3.05, 3.63) is 45.9 Å². The van der Waals surface area contributed by atoms with E-state index >= 15 is 0 Å². The Balaban J connectivity index is 2.07. The van der Waals surface area contributed by atoms with Crippen LogP contribution in [0.2, 0.25) is 0 Å². The molecule has 2 rings (SSSR count). The fourth-order valence-corrected chi connectivity index (χ4v) is 3.40. The van der Waals surface area contributed by atoms with Crippen molar-refractivity contribution >= 4 is 35.0 Å². The number of urea groups is 1. The lowest BCUT2D eigenvalue weighted by Crippen LogP contribution is -2.35. The Labute approximate surface area is 186 Å². The number of ether oxygens (including phenoxy) is 2. The number of anilines is 1. The summed E-state index contributed by atoms with van der Waals surface area (Å²) >= 11 is 1.31. The van der Waals surface area contributed by atoms with Gasteiger partial charge in [0.2, 0.25) is 0 Å². The maximum absolute atomic E-state index is 12.9. The molecule has 0 saturated heterocycles. The fourth-order valence-electron chi connectivity index (χ4n) is 2.62. The third-order valence-electron chi connectivity index (χ3n) is 4.27. The van der Waals surface area contributed by atoms with Crippen LogP contribution < -0.4 is 5.32 Å². The van der Waals surface area contributed by atoms with Gasteiger partial charge in [-0.15, -0.1) is 11.3 Å². The normalized spacial score (nSPS) is 10.6. The first-order chi connectivity index (χ1) is 14.8. The summed E-state index contributed by atoms with van der Waals surface area (Å²) in [7, 11) is 0. The second kappa shape index (κ2) is 12.0. The van der Waals surface area contributed by atoms with Gasteiger partial charge in [0, 0.05) is 17.6 Å². The number of rotatable bonds is 10. The predicted octanol–water partition coefficient (Wildman–Crippen LogP) is 4.58. The summed E-state index contributed by atoms with van der Waals surface area (Å²) in [5.41, 5.74) is 1.24. The number of nitrogens with zero attached hydrogens (tertiary/aromatic N) is 2. The summed E-state index contributed by atoms with van der Waals surface area (Å²) in [6, 6.07) is 6.26. The Bertz CT molecular complexity index is 880. The molecule has 2 amide bonds. The molecule has 0 fully saturated rings. The van der Waals surface area contributed by atoms with Crippen LogP contribution in [0.5, 0.6) is 0 Å². The maximum Gasteiger partial charge on any atom is 0.357 e. The van der Waals surface area contributed by atoms with E-state index in [4.69, 9.17) is 9.47 Å². The summed E-state index contributed by atoms with van der Waals surface area (Å²) in [5.74, 6) is -0.449. The number of carbonyl (C=O) groups excluding carboxylic acids is 3. The van der Waals surface area contributed by atoms with Crippen molar-refractivity contribution in [1.82, 2.24) is 9.88 Å². The first-order valence-electron chi connectivity index (χ1n) is 10.3. The zero-order chi connectivity index (χ0) is 22.8. The molecule has 1 aromatic carbocycles. The number of aromatic nitrogens is 1. The monoisotopic (exact) mass is 447 g/mol. The van der Waals surface area contributed by atoms with Gasteiger partial charge in [-0.3, -0.25) is 0 Å². The number of hydrogen-bond acceptors (Lipinski definition) is 7. The Kier molecular flexibility index (Phi) is 9.45. The molecule has 0 aliphatic rings. The van der Waals surface area contributed by atoms with Gasteiger partial charge in [0.25, 0.3) is 0 Å². The van der Waals surface area contributed by atoms with Crippen molar-refractivity contribution in [3.8, 4) is 0 Å². The van der Waals surface area contributed by atoms with E-state index in [0.29, 0.717) is 35.3 Å². The number of amides is 2. The molecule has 1 aromatic heterocycles. The largest absolute Gasteiger partial charge is 0.462 e. The van der Waals surface area contributed by atoms with Gasteiger partial charge in [-0.25, -0.2) is 19.4 Å². The molecule has 0 aliphatic carbocycles. The Morgan fingerprint density at radius 3 is 2.32 bits per heavy atom. The average Bonchev–Trinajstić information content (AvgIpc) is 3.20. The van der Waals surface area contributed by atoms with E-state index in [1.165, 1.54) is 11.3 Å². The molecular formula is C22H29N3O5S. The number of hydrogen-bond donors (Lipinski definition) is 1. The van der Waals surface area contributed by atoms with E-state index in [-0.39, 0.29) is 24.9 Å². The molecule has 1 N–H and O–H groups in total. The molecule has 31 heavy (non-hydrogen) atoms. The van der Waals surface area contributed by atoms with Gasteiger partial charge in [-0.1, -0.05) is 13.8 Å². The second-order valence-electron chi connectivity index (χ2n) is 7.18. The van der Waals surface area contributed by atoms with Gasteiger partial charge in [0.05, 0.1) is 25.3 Å². The number of nitrogens with one attached hydrogen (secondary N) is 1. The number of esters is 2. The number of thiazole rings is 1. The highest BCUT2D eigenvalue weighted by Gasteiger charge is 2.19. The zero-order valence-corrected chi connectivity index (χ0v) is 19.2. The second-order valence-corrected chi connectivity index (χ2v) is 8.12. The molecule has 168 valence electrons. The zero-order valence-electron chi connectivity index (χ0n) is 18.3. The summed E-state index contributed by atoms with van der Waals surface area (Å²) < 4.78 is 9.94. The summed E-state index contributed by atoms with van der Waals surface area (Å²) in [6.07, 6.45) is 0.825. The highest BCUT2D eigenvalue weighted by molar-refractivity contribution is 7.09. The average molecular weight is 448 g/mol. The van der Waals surface area contributed by atoms with Crippen molar-refractivity contribution in [2.45, 2.75) is 40.7 Å². The van der Waals surface area contributed by atoms with Crippen molar-refractivity contribution in [2.24, 2.45) is 5.92 Å². The van der Waals surface area contributed by atoms with Crippen LogP contribution in [-0.2, 0) is 16.0 Å². The summed E-state index contributed by atoms with van der Waals surface area (Å²) in [5, 5.41) is 5.15. The van der Waals surface area contributed by atoms with E-state index in [9.17, 15) is 14.4 Å². The molecule has 1 heterocycles. The van der Waals surface area contributed by atoms with Crippen LogP contribution >= 0.6 is 11.3 Å². The van der Waals surface area contributed by atoms with Crippen LogP contribution in [0.15, 0.2) is 29.6 Å². The molecule has 0 saturated carbocycles. The molecule has 0 spiro atoms. The molecule has 2 aromatic rings. The molecule has 9 heteroatoms. The van der Waals surface area contributed by atoms with Crippen molar-refractivity contribution < 1.29 is 23.9 Å². The van der Waals surface area contributed by atoms with E-state index in [0.717, 1.165) is 6.42 Å². The molecule has 0 aliphatic heterocycles. The van der Waals surface area contributed by atoms with E-state index < -0.39 is 11.9 Å². The van der Waals surface area contributed by atoms with Crippen molar-refractivity contribution in [3.63, 3.8) is 0 Å². The van der Waals surface area contributed by atoms with Gasteiger partial charge >= 0.3 is 18.0 Å². The first-order valence-corrected chi connectivity index (χ1v) is 11.2. The Morgan fingerprint density at radius 2 is 1.71 bits per heavy atom. The van der Waals surface area contributed by atoms with Gasteiger partial charge in [-0.2, -0.15) is 0 Å². The topological polar surface area (TPSA) is 97.8 Å². The van der Waals surface area contributed by atoms with Crippen LogP contribution in [0.25, 0.3) is 0 Å². The predicted molar refractivity (Wildman–Crippen MR) is 119 cm³/mol. The standard InChI is InChI=1S/C22H29N3O5S/c1-5-29-20(26)16-7-9-17(10-8-16)23-22(28)25(12-11-15(3)4)13-19-24-18(14-31-19)21(27)30-6-2/h7-10,14-15H,5-6,11-13H2,1-4H3,(H,23,28). The van der Waals surface area contributed by atoms with E-state index in [2.05, 4.69) is 24.1 Å². The van der Waals surface area contributed by atoms with Gasteiger partial charge in [-0.05, 0) is 50.5 Å².